The normalized spacial score (nSPS) is 10.9. The average molecular weight is 455 g/mol. The SMILES string of the molecule is Cc1ccc(-n2c(SCC(=O)c3ccc(Cl)c(Cl)c3)nnc2-c2ccccn2)cc1. The Balaban J connectivity index is 1.66. The maximum absolute atomic E-state index is 12.7. The smallest absolute Gasteiger partial charge is 0.196 e. The molecule has 4 aromatic rings. The molecule has 0 amide bonds. The predicted molar refractivity (Wildman–Crippen MR) is 121 cm³/mol. The Bertz CT molecular complexity index is 1190. The number of nitrogens with zero attached hydrogens (tertiary/aromatic N) is 4. The summed E-state index contributed by atoms with van der Waals surface area (Å²) < 4.78 is 1.91. The molecule has 2 heterocycles. The summed E-state index contributed by atoms with van der Waals surface area (Å²) >= 11 is 13.3. The minimum atomic E-state index is -0.0728. The van der Waals surface area contributed by atoms with Gasteiger partial charge in [0.15, 0.2) is 16.8 Å². The number of ketones is 1. The highest BCUT2D eigenvalue weighted by molar-refractivity contribution is 7.99. The lowest BCUT2D eigenvalue weighted by molar-refractivity contribution is 0.102. The van der Waals surface area contributed by atoms with Crippen molar-refractivity contribution in [3.05, 3.63) is 88.0 Å². The van der Waals surface area contributed by atoms with Gasteiger partial charge in [0.05, 0.1) is 15.8 Å². The maximum Gasteiger partial charge on any atom is 0.196 e. The number of hydrogen-bond acceptors (Lipinski definition) is 5. The molecule has 8 heteroatoms. The van der Waals surface area contributed by atoms with Crippen LogP contribution in [-0.2, 0) is 0 Å². The number of halogens is 2. The first-order valence-corrected chi connectivity index (χ1v) is 10.8. The molecule has 2 aromatic carbocycles. The lowest BCUT2D eigenvalue weighted by Crippen LogP contribution is -2.05. The maximum atomic E-state index is 12.7. The third-order valence-corrected chi connectivity index (χ3v) is 6.06. The summed E-state index contributed by atoms with van der Waals surface area (Å²) in [6.45, 7) is 2.03. The molecule has 0 saturated heterocycles. The van der Waals surface area contributed by atoms with Crippen LogP contribution in [0.3, 0.4) is 0 Å². The molecule has 0 unspecified atom stereocenters. The van der Waals surface area contributed by atoms with Crippen molar-refractivity contribution >= 4 is 40.7 Å². The molecular weight excluding hydrogens is 439 g/mol. The zero-order valence-electron chi connectivity index (χ0n) is 15.9. The van der Waals surface area contributed by atoms with Crippen LogP contribution in [0.1, 0.15) is 15.9 Å². The van der Waals surface area contributed by atoms with Gasteiger partial charge >= 0.3 is 0 Å². The number of Topliss-reactive ketones (excluding diaryl/α,β-unsaturated/α-hetero) is 1. The van der Waals surface area contributed by atoms with Crippen LogP contribution in [0, 0.1) is 6.92 Å². The first kappa shape index (κ1) is 20.6. The minimum absolute atomic E-state index is 0.0728. The van der Waals surface area contributed by atoms with Crippen molar-refractivity contribution in [2.45, 2.75) is 12.1 Å². The minimum Gasteiger partial charge on any atom is -0.293 e. The van der Waals surface area contributed by atoms with E-state index < -0.39 is 0 Å². The van der Waals surface area contributed by atoms with Gasteiger partial charge in [-0.2, -0.15) is 0 Å². The molecule has 0 spiro atoms. The molecule has 0 fully saturated rings. The first-order valence-electron chi connectivity index (χ1n) is 9.08. The second-order valence-corrected chi connectivity index (χ2v) is 8.29. The molecule has 0 aliphatic rings. The van der Waals surface area contributed by atoms with Crippen LogP contribution in [-0.4, -0.2) is 31.3 Å². The zero-order chi connectivity index (χ0) is 21.1. The Kier molecular flexibility index (Phi) is 6.18. The van der Waals surface area contributed by atoms with Crippen LogP contribution in [0.2, 0.25) is 10.0 Å². The summed E-state index contributed by atoms with van der Waals surface area (Å²) in [6.07, 6.45) is 1.71. The molecule has 0 radical (unpaired) electrons. The summed E-state index contributed by atoms with van der Waals surface area (Å²) in [5.74, 6) is 0.727. The third kappa shape index (κ3) is 4.41. The first-order chi connectivity index (χ1) is 14.5. The van der Waals surface area contributed by atoms with Crippen LogP contribution >= 0.6 is 35.0 Å². The standard InChI is InChI=1S/C22H16Cl2N4OS/c1-14-5-8-16(9-6-14)28-21(19-4-2-3-11-25-19)26-27-22(28)30-13-20(29)15-7-10-17(23)18(24)12-15/h2-12H,13H2,1H3. The van der Waals surface area contributed by atoms with Gasteiger partial charge in [-0.3, -0.25) is 14.3 Å². The fourth-order valence-corrected chi connectivity index (χ4v) is 3.98. The number of benzene rings is 2. The number of carbonyl (C=O) groups excluding carboxylic acids is 1. The number of rotatable bonds is 6. The van der Waals surface area contributed by atoms with E-state index in [2.05, 4.69) is 15.2 Å². The fraction of sp³-hybridized carbons (Fsp3) is 0.0909. The molecule has 0 aliphatic carbocycles. The Hall–Kier alpha value is -2.67. The molecule has 2 aromatic heterocycles. The lowest BCUT2D eigenvalue weighted by atomic mass is 10.1. The lowest BCUT2D eigenvalue weighted by Gasteiger charge is -2.10. The van der Waals surface area contributed by atoms with Crippen LogP contribution in [0.15, 0.2) is 72.0 Å². The molecule has 0 saturated carbocycles. The van der Waals surface area contributed by atoms with Crippen molar-refractivity contribution in [3.8, 4) is 17.2 Å². The highest BCUT2D eigenvalue weighted by Gasteiger charge is 2.18. The van der Waals surface area contributed by atoms with Crippen LogP contribution in [0.5, 0.6) is 0 Å². The number of aryl methyl sites for hydroxylation is 1. The Morgan fingerprint density at radius 2 is 1.80 bits per heavy atom. The molecule has 30 heavy (non-hydrogen) atoms. The zero-order valence-corrected chi connectivity index (χ0v) is 18.2. The highest BCUT2D eigenvalue weighted by Crippen LogP contribution is 2.28. The highest BCUT2D eigenvalue weighted by atomic mass is 35.5. The molecule has 0 bridgehead atoms. The van der Waals surface area contributed by atoms with Crippen LogP contribution < -0.4 is 0 Å². The number of pyridine rings is 1. The second-order valence-electron chi connectivity index (χ2n) is 6.53. The number of aromatic nitrogens is 4. The molecular formula is C22H16Cl2N4OS. The molecule has 150 valence electrons. The second kappa shape index (κ2) is 9.00. The van der Waals surface area contributed by atoms with E-state index in [-0.39, 0.29) is 11.5 Å². The van der Waals surface area contributed by atoms with Crippen molar-refractivity contribution in [3.63, 3.8) is 0 Å². The molecule has 5 nitrogen and oxygen atoms in total. The van der Waals surface area contributed by atoms with E-state index in [4.69, 9.17) is 23.2 Å². The topological polar surface area (TPSA) is 60.7 Å². The van der Waals surface area contributed by atoms with Gasteiger partial charge in [0.25, 0.3) is 0 Å². The van der Waals surface area contributed by atoms with Gasteiger partial charge in [0, 0.05) is 17.4 Å². The number of carbonyl (C=O) groups is 1. The van der Waals surface area contributed by atoms with Gasteiger partial charge < -0.3 is 0 Å². The van der Waals surface area contributed by atoms with E-state index in [0.29, 0.717) is 32.3 Å². The van der Waals surface area contributed by atoms with E-state index in [9.17, 15) is 4.79 Å². The fourth-order valence-electron chi connectivity index (χ4n) is 2.83. The van der Waals surface area contributed by atoms with Gasteiger partial charge in [0.2, 0.25) is 0 Å². The monoisotopic (exact) mass is 454 g/mol. The summed E-state index contributed by atoms with van der Waals surface area (Å²) in [6, 6.07) is 18.5. The number of thioether (sulfide) groups is 1. The summed E-state index contributed by atoms with van der Waals surface area (Å²) in [4.78, 5) is 17.1. The number of hydrogen-bond donors (Lipinski definition) is 0. The van der Waals surface area contributed by atoms with Gasteiger partial charge in [-0.05, 0) is 49.4 Å². The largest absolute Gasteiger partial charge is 0.293 e. The van der Waals surface area contributed by atoms with E-state index >= 15 is 0 Å². The van der Waals surface area contributed by atoms with Crippen molar-refractivity contribution in [1.82, 2.24) is 19.7 Å². The molecule has 0 aliphatic heterocycles. The van der Waals surface area contributed by atoms with Crippen LogP contribution in [0.25, 0.3) is 17.2 Å². The average Bonchev–Trinajstić information content (AvgIpc) is 3.19. The van der Waals surface area contributed by atoms with Crippen molar-refractivity contribution in [1.29, 1.82) is 0 Å². The summed E-state index contributed by atoms with van der Waals surface area (Å²) in [5.41, 5.74) is 3.25. The third-order valence-electron chi connectivity index (χ3n) is 4.39. The van der Waals surface area contributed by atoms with Gasteiger partial charge in [-0.15, -0.1) is 10.2 Å². The van der Waals surface area contributed by atoms with Crippen molar-refractivity contribution in [2.75, 3.05) is 5.75 Å². The van der Waals surface area contributed by atoms with Crippen LogP contribution in [0.4, 0.5) is 0 Å². The van der Waals surface area contributed by atoms with Gasteiger partial charge in [-0.25, -0.2) is 0 Å². The summed E-state index contributed by atoms with van der Waals surface area (Å²) in [5, 5.41) is 10.0. The molecule has 4 rings (SSSR count). The van der Waals surface area contributed by atoms with E-state index in [1.807, 2.05) is 54.0 Å². The van der Waals surface area contributed by atoms with E-state index in [0.717, 1.165) is 11.3 Å². The Labute approximate surface area is 188 Å². The predicted octanol–water partition coefficient (Wildman–Crippen LogP) is 5.92. The Morgan fingerprint density at radius 3 is 2.50 bits per heavy atom. The van der Waals surface area contributed by atoms with Gasteiger partial charge in [-0.1, -0.05) is 58.7 Å². The van der Waals surface area contributed by atoms with E-state index in [1.165, 1.54) is 11.8 Å². The van der Waals surface area contributed by atoms with Crippen molar-refractivity contribution < 1.29 is 4.79 Å². The summed E-state index contributed by atoms with van der Waals surface area (Å²) in [7, 11) is 0. The quantitative estimate of drug-likeness (QED) is 0.267. The van der Waals surface area contributed by atoms with Gasteiger partial charge in [0.1, 0.15) is 5.69 Å². The molecule has 0 atom stereocenters. The Morgan fingerprint density at radius 1 is 1.00 bits per heavy atom. The molecule has 0 N–H and O–H groups in total. The van der Waals surface area contributed by atoms with Crippen molar-refractivity contribution in [2.24, 2.45) is 0 Å². The van der Waals surface area contributed by atoms with E-state index in [1.54, 1.807) is 24.4 Å².